The van der Waals surface area contributed by atoms with Crippen LogP contribution in [0.15, 0.2) is 24.3 Å². The van der Waals surface area contributed by atoms with Gasteiger partial charge < -0.3 is 20.5 Å². The first-order chi connectivity index (χ1) is 11.5. The number of benzene rings is 1. The van der Waals surface area contributed by atoms with Crippen LogP contribution < -0.4 is 10.6 Å². The van der Waals surface area contributed by atoms with Gasteiger partial charge in [0.2, 0.25) is 5.72 Å². The number of esters is 1. The summed E-state index contributed by atoms with van der Waals surface area (Å²) in [5.41, 5.74) is -3.46. The number of rotatable bonds is 3. The summed E-state index contributed by atoms with van der Waals surface area (Å²) in [7, 11) is 1.17. The van der Waals surface area contributed by atoms with E-state index in [1.165, 1.54) is 36.7 Å². The van der Waals surface area contributed by atoms with Crippen molar-refractivity contribution in [1.29, 1.82) is 0 Å². The van der Waals surface area contributed by atoms with Crippen LogP contribution in [0, 0.1) is 5.92 Å². The third-order valence-electron chi connectivity index (χ3n) is 3.94. The summed E-state index contributed by atoms with van der Waals surface area (Å²) < 4.78 is 44.4. The zero-order valence-electron chi connectivity index (χ0n) is 13.2. The minimum absolute atomic E-state index is 0.116. The van der Waals surface area contributed by atoms with Gasteiger partial charge >= 0.3 is 18.2 Å². The minimum Gasteiger partial charge on any atom is -0.465 e. The van der Waals surface area contributed by atoms with Gasteiger partial charge in [0.05, 0.1) is 24.6 Å². The SMILES string of the molecule is COC(=O)c1ccc([C@H]2NC(=O)N[C@@](O)(C(F)(F)F)[C@@H]2C(C)=O)cc1. The molecule has 0 saturated carbocycles. The summed E-state index contributed by atoms with van der Waals surface area (Å²) >= 11 is 0. The molecule has 7 nitrogen and oxygen atoms in total. The van der Waals surface area contributed by atoms with Crippen molar-refractivity contribution in [3.05, 3.63) is 35.4 Å². The monoisotopic (exact) mass is 360 g/mol. The van der Waals surface area contributed by atoms with Gasteiger partial charge in [-0.15, -0.1) is 0 Å². The van der Waals surface area contributed by atoms with Gasteiger partial charge in [0.25, 0.3) is 0 Å². The van der Waals surface area contributed by atoms with Gasteiger partial charge in [-0.05, 0) is 24.6 Å². The fourth-order valence-electron chi connectivity index (χ4n) is 2.75. The van der Waals surface area contributed by atoms with Crippen molar-refractivity contribution in [2.24, 2.45) is 5.92 Å². The van der Waals surface area contributed by atoms with Crippen molar-refractivity contribution in [2.75, 3.05) is 7.11 Å². The van der Waals surface area contributed by atoms with Crippen LogP contribution in [0.3, 0.4) is 0 Å². The van der Waals surface area contributed by atoms with Gasteiger partial charge in [-0.3, -0.25) is 4.79 Å². The predicted molar refractivity (Wildman–Crippen MR) is 77.4 cm³/mol. The van der Waals surface area contributed by atoms with Gasteiger partial charge in [0, 0.05) is 0 Å². The normalized spacial score (nSPS) is 26.4. The van der Waals surface area contributed by atoms with Crippen molar-refractivity contribution in [1.82, 2.24) is 10.6 Å². The van der Waals surface area contributed by atoms with Gasteiger partial charge in [0.15, 0.2) is 0 Å². The number of hydrogen-bond acceptors (Lipinski definition) is 5. The molecule has 1 saturated heterocycles. The Morgan fingerprint density at radius 2 is 1.80 bits per heavy atom. The number of alkyl halides is 3. The molecule has 1 fully saturated rings. The number of amides is 2. The molecule has 1 aromatic rings. The molecule has 0 spiro atoms. The summed E-state index contributed by atoms with van der Waals surface area (Å²) in [5, 5.41) is 13.6. The molecule has 2 rings (SSSR count). The quantitative estimate of drug-likeness (QED) is 0.705. The van der Waals surface area contributed by atoms with Crippen LogP contribution in [0.5, 0.6) is 0 Å². The first kappa shape index (κ1) is 18.7. The molecule has 0 bridgehead atoms. The number of aliphatic hydroxyl groups is 1. The maximum atomic E-state index is 13.3. The average Bonchev–Trinajstić information content (AvgIpc) is 2.52. The van der Waals surface area contributed by atoms with Crippen LogP contribution in [0.4, 0.5) is 18.0 Å². The smallest absolute Gasteiger partial charge is 0.437 e. The van der Waals surface area contributed by atoms with E-state index < -0.39 is 41.6 Å². The second-order valence-electron chi connectivity index (χ2n) is 5.54. The molecule has 0 aromatic heterocycles. The second kappa shape index (κ2) is 6.36. The first-order valence-corrected chi connectivity index (χ1v) is 7.07. The average molecular weight is 360 g/mol. The molecular formula is C15H15F3N2O5. The molecule has 10 heteroatoms. The lowest BCUT2D eigenvalue weighted by molar-refractivity contribution is -0.290. The summed E-state index contributed by atoms with van der Waals surface area (Å²) in [6.07, 6.45) is -5.27. The number of methoxy groups -OCH3 is 1. The zero-order valence-corrected chi connectivity index (χ0v) is 13.2. The number of carbonyl (C=O) groups is 3. The molecule has 0 radical (unpaired) electrons. The lowest BCUT2D eigenvalue weighted by Gasteiger charge is -2.44. The summed E-state index contributed by atoms with van der Waals surface area (Å²) in [6.45, 7) is 0.885. The standard InChI is InChI=1S/C15H15F3N2O5/c1-7(21)10-11(8-3-5-9(6-4-8)12(22)25-2)19-13(23)20-14(10,24)15(16,17)18/h3-6,10-11,24H,1-2H3,(H2,19,20,23)/t10-,11-,14+/m1/s1. The van der Waals surface area contributed by atoms with Crippen LogP contribution >= 0.6 is 0 Å². The lowest BCUT2D eigenvalue weighted by atomic mass is 9.79. The van der Waals surface area contributed by atoms with Crippen LogP contribution in [0.2, 0.25) is 0 Å². The molecule has 2 amide bonds. The Balaban J connectivity index is 2.48. The molecule has 1 aromatic carbocycles. The van der Waals surface area contributed by atoms with Gasteiger partial charge in [0.1, 0.15) is 5.78 Å². The molecular weight excluding hydrogens is 345 g/mol. The molecule has 0 unspecified atom stereocenters. The Morgan fingerprint density at radius 1 is 1.24 bits per heavy atom. The summed E-state index contributed by atoms with van der Waals surface area (Å²) in [6, 6.07) is 2.38. The van der Waals surface area contributed by atoms with E-state index in [9.17, 15) is 32.7 Å². The van der Waals surface area contributed by atoms with Crippen molar-refractivity contribution >= 4 is 17.8 Å². The van der Waals surface area contributed by atoms with E-state index in [0.29, 0.717) is 0 Å². The highest BCUT2D eigenvalue weighted by molar-refractivity contribution is 5.89. The fraction of sp³-hybridized carbons (Fsp3) is 0.400. The summed E-state index contributed by atoms with van der Waals surface area (Å²) in [4.78, 5) is 34.9. The maximum Gasteiger partial charge on any atom is 0.437 e. The number of ketones is 1. The molecule has 0 aliphatic carbocycles. The summed E-state index contributed by atoms with van der Waals surface area (Å²) in [5.74, 6) is -3.65. The number of nitrogens with one attached hydrogen (secondary N) is 2. The number of carbonyl (C=O) groups excluding carboxylic acids is 3. The number of urea groups is 1. The molecule has 3 atom stereocenters. The molecule has 3 N–H and O–H groups in total. The van der Waals surface area contributed by atoms with E-state index in [1.807, 2.05) is 0 Å². The van der Waals surface area contributed by atoms with E-state index in [2.05, 4.69) is 10.1 Å². The molecule has 136 valence electrons. The third kappa shape index (κ3) is 3.29. The number of ether oxygens (including phenoxy) is 1. The van der Waals surface area contributed by atoms with Crippen LogP contribution in [-0.2, 0) is 9.53 Å². The van der Waals surface area contributed by atoms with Crippen molar-refractivity contribution in [3.63, 3.8) is 0 Å². The Kier molecular flexibility index (Phi) is 4.76. The number of hydrogen-bond donors (Lipinski definition) is 3. The van der Waals surface area contributed by atoms with Gasteiger partial charge in [-0.25, -0.2) is 9.59 Å². The van der Waals surface area contributed by atoms with E-state index in [-0.39, 0.29) is 11.1 Å². The van der Waals surface area contributed by atoms with Gasteiger partial charge in [-0.1, -0.05) is 12.1 Å². The highest BCUT2D eigenvalue weighted by Crippen LogP contribution is 2.42. The molecule has 1 aliphatic rings. The Hall–Kier alpha value is -2.62. The van der Waals surface area contributed by atoms with Crippen molar-refractivity contribution in [3.8, 4) is 0 Å². The zero-order chi connectivity index (χ0) is 19.0. The van der Waals surface area contributed by atoms with Crippen molar-refractivity contribution in [2.45, 2.75) is 24.9 Å². The highest BCUT2D eigenvalue weighted by atomic mass is 19.4. The topological polar surface area (TPSA) is 105 Å². The fourth-order valence-corrected chi connectivity index (χ4v) is 2.75. The number of halogens is 3. The Bertz CT molecular complexity index is 704. The molecule has 1 aliphatic heterocycles. The molecule has 1 heterocycles. The van der Waals surface area contributed by atoms with Gasteiger partial charge in [-0.2, -0.15) is 13.2 Å². The van der Waals surface area contributed by atoms with Crippen LogP contribution in [-0.4, -0.2) is 41.9 Å². The maximum absolute atomic E-state index is 13.3. The van der Waals surface area contributed by atoms with E-state index in [1.54, 1.807) is 0 Å². The number of Topliss-reactive ketones (excluding diaryl/α,β-unsaturated/α-hetero) is 1. The Labute approximate surface area is 140 Å². The second-order valence-corrected chi connectivity index (χ2v) is 5.54. The molecule has 25 heavy (non-hydrogen) atoms. The van der Waals surface area contributed by atoms with E-state index >= 15 is 0 Å². The minimum atomic E-state index is -5.27. The van der Waals surface area contributed by atoms with Crippen molar-refractivity contribution < 1.29 is 37.4 Å². The van der Waals surface area contributed by atoms with E-state index in [0.717, 1.165) is 6.92 Å². The van der Waals surface area contributed by atoms with Crippen LogP contribution in [0.1, 0.15) is 28.9 Å². The predicted octanol–water partition coefficient (Wildman–Crippen LogP) is 1.28. The largest absolute Gasteiger partial charge is 0.465 e. The first-order valence-electron chi connectivity index (χ1n) is 7.07. The van der Waals surface area contributed by atoms with Crippen LogP contribution in [0.25, 0.3) is 0 Å². The van der Waals surface area contributed by atoms with E-state index in [4.69, 9.17) is 0 Å². The Morgan fingerprint density at radius 3 is 2.24 bits per heavy atom. The lowest BCUT2D eigenvalue weighted by Crippen LogP contribution is -2.72. The third-order valence-corrected chi connectivity index (χ3v) is 3.94. The highest BCUT2D eigenvalue weighted by Gasteiger charge is 2.65.